The molecular formula is C24H56ClN4O4P. The molecule has 0 unspecified atom stereocenters. The zero-order valence-electron chi connectivity index (χ0n) is 23.6. The number of hydrogen-bond donors (Lipinski definition) is 0. The van der Waals surface area contributed by atoms with Crippen LogP contribution in [-0.4, -0.2) is 126 Å². The molecule has 8 nitrogen and oxygen atoms in total. The summed E-state index contributed by atoms with van der Waals surface area (Å²) >= 11 is 0. The summed E-state index contributed by atoms with van der Waals surface area (Å²) in [7, 11) is 5.09. The van der Waals surface area contributed by atoms with Gasteiger partial charge in [0, 0.05) is 54.6 Å². The fraction of sp³-hybridized carbons (Fsp3) is 1.00. The molecule has 0 aliphatic carbocycles. The average Bonchev–Trinajstić information content (AvgIpc) is 2.84. The average molecular weight is 531 g/mol. The zero-order chi connectivity index (χ0) is 25.0. The van der Waals surface area contributed by atoms with E-state index in [-0.39, 0.29) is 12.4 Å². The summed E-state index contributed by atoms with van der Waals surface area (Å²) in [6, 6.07) is 0. The van der Waals surface area contributed by atoms with Gasteiger partial charge >= 0.3 is 7.87 Å². The van der Waals surface area contributed by atoms with E-state index in [1.54, 1.807) is 28.4 Å². The van der Waals surface area contributed by atoms with Gasteiger partial charge in [0.15, 0.2) is 0 Å². The largest absolute Gasteiger partial charge is 1.00 e. The fourth-order valence-corrected chi connectivity index (χ4v) is 9.39. The minimum absolute atomic E-state index is 0. The molecular weight excluding hydrogens is 475 g/mol. The molecule has 0 aromatic carbocycles. The highest BCUT2D eigenvalue weighted by molar-refractivity contribution is 7.66. The molecule has 0 aromatic rings. The summed E-state index contributed by atoms with van der Waals surface area (Å²) in [4.78, 5) is 0. The van der Waals surface area contributed by atoms with Crippen LogP contribution < -0.4 is 12.4 Å². The molecule has 34 heavy (non-hydrogen) atoms. The highest BCUT2D eigenvalue weighted by atomic mass is 35.5. The monoisotopic (exact) mass is 530 g/mol. The summed E-state index contributed by atoms with van der Waals surface area (Å²) in [6.07, 6.45) is 4.74. The molecule has 0 spiro atoms. The Kier molecular flexibility index (Phi) is 25.6. The third-order valence-corrected chi connectivity index (χ3v) is 10.8. The molecule has 0 atom stereocenters. The van der Waals surface area contributed by atoms with Crippen molar-refractivity contribution in [1.82, 2.24) is 18.7 Å². The van der Waals surface area contributed by atoms with Gasteiger partial charge in [0.25, 0.3) is 0 Å². The lowest BCUT2D eigenvalue weighted by molar-refractivity contribution is -0.00000891. The topological polar surface area (TPSA) is 49.9 Å². The van der Waals surface area contributed by atoms with E-state index < -0.39 is 7.87 Å². The van der Waals surface area contributed by atoms with Crippen molar-refractivity contribution in [2.24, 2.45) is 0 Å². The van der Waals surface area contributed by atoms with Gasteiger partial charge in [-0.2, -0.15) is 0 Å². The van der Waals surface area contributed by atoms with Crippen LogP contribution in [-0.2, 0) is 18.9 Å². The smallest absolute Gasteiger partial charge is 0.308 e. The molecule has 0 aliphatic heterocycles. The molecule has 0 amide bonds. The van der Waals surface area contributed by atoms with E-state index in [4.69, 9.17) is 18.9 Å². The van der Waals surface area contributed by atoms with Crippen LogP contribution in [0, 0.1) is 0 Å². The molecule has 208 valence electrons. The lowest BCUT2D eigenvalue weighted by atomic mass is 10.3. The minimum atomic E-state index is -2.10. The van der Waals surface area contributed by atoms with Crippen LogP contribution >= 0.6 is 7.87 Å². The van der Waals surface area contributed by atoms with Crippen molar-refractivity contribution in [3.8, 4) is 0 Å². The van der Waals surface area contributed by atoms with Gasteiger partial charge in [-0.1, -0.05) is 26.7 Å². The van der Waals surface area contributed by atoms with E-state index in [2.05, 4.69) is 46.4 Å². The van der Waals surface area contributed by atoms with Crippen LogP contribution in [0.4, 0.5) is 0 Å². The predicted molar refractivity (Wildman–Crippen MR) is 142 cm³/mol. The summed E-state index contributed by atoms with van der Waals surface area (Å²) in [5.41, 5.74) is 0. The maximum absolute atomic E-state index is 5.61. The van der Waals surface area contributed by atoms with Crippen LogP contribution in [0.1, 0.15) is 53.4 Å². The van der Waals surface area contributed by atoms with Crippen molar-refractivity contribution >= 4 is 7.87 Å². The van der Waals surface area contributed by atoms with Gasteiger partial charge in [0.1, 0.15) is 0 Å². The van der Waals surface area contributed by atoms with Crippen LogP contribution in [0.15, 0.2) is 0 Å². The maximum atomic E-state index is 5.61. The van der Waals surface area contributed by atoms with Gasteiger partial charge in [0.05, 0.1) is 52.6 Å². The summed E-state index contributed by atoms with van der Waals surface area (Å²) < 4.78 is 33.3. The van der Waals surface area contributed by atoms with E-state index in [0.717, 1.165) is 52.4 Å². The molecule has 0 aromatic heterocycles. The number of rotatable bonds is 24. The molecule has 0 heterocycles. The van der Waals surface area contributed by atoms with Crippen LogP contribution in [0.3, 0.4) is 0 Å². The van der Waals surface area contributed by atoms with Crippen LogP contribution in [0.25, 0.3) is 0 Å². The van der Waals surface area contributed by atoms with Gasteiger partial charge < -0.3 is 31.4 Å². The van der Waals surface area contributed by atoms with Crippen molar-refractivity contribution < 1.29 is 31.4 Å². The van der Waals surface area contributed by atoms with E-state index >= 15 is 0 Å². The highest BCUT2D eigenvalue weighted by Crippen LogP contribution is 2.69. The van der Waals surface area contributed by atoms with E-state index in [1.807, 2.05) is 0 Å². The number of methoxy groups -OCH3 is 4. The normalized spacial score (nSPS) is 12.4. The predicted octanol–water partition coefficient (Wildman–Crippen LogP) is 1.10. The Labute approximate surface area is 218 Å². The van der Waals surface area contributed by atoms with E-state index in [9.17, 15) is 0 Å². The van der Waals surface area contributed by atoms with Gasteiger partial charge in [-0.25, -0.2) is 0 Å². The first-order chi connectivity index (χ1) is 16.1. The molecule has 0 fully saturated rings. The second-order valence-electron chi connectivity index (χ2n) is 8.21. The first-order valence-corrected chi connectivity index (χ1v) is 14.5. The molecule has 0 aliphatic rings. The summed E-state index contributed by atoms with van der Waals surface area (Å²) in [5.74, 6) is 0. The van der Waals surface area contributed by atoms with Crippen LogP contribution in [0.5, 0.6) is 0 Å². The summed E-state index contributed by atoms with van der Waals surface area (Å²) in [6.45, 7) is 19.6. The van der Waals surface area contributed by atoms with Crippen molar-refractivity contribution in [1.29, 1.82) is 0 Å². The van der Waals surface area contributed by atoms with Gasteiger partial charge in [-0.15, -0.1) is 18.7 Å². The Balaban J connectivity index is 0. The Morgan fingerprint density at radius 1 is 0.471 bits per heavy atom. The fourth-order valence-electron chi connectivity index (χ4n) is 4.27. The van der Waals surface area contributed by atoms with Crippen molar-refractivity contribution in [2.45, 2.75) is 53.4 Å². The molecule has 0 radical (unpaired) electrons. The number of halogens is 1. The third-order valence-electron chi connectivity index (χ3n) is 6.00. The van der Waals surface area contributed by atoms with Gasteiger partial charge in [-0.3, -0.25) is 0 Å². The summed E-state index contributed by atoms with van der Waals surface area (Å²) in [5, 5.41) is 0. The first-order valence-electron chi connectivity index (χ1n) is 12.9. The second-order valence-corrected chi connectivity index (χ2v) is 11.6. The lowest BCUT2D eigenvalue weighted by Gasteiger charge is -2.51. The number of nitrogens with zero attached hydrogens (tertiary/aromatic N) is 4. The van der Waals surface area contributed by atoms with Crippen molar-refractivity contribution in [2.75, 3.05) is 107 Å². The van der Waals surface area contributed by atoms with Gasteiger partial charge in [0.2, 0.25) is 0 Å². The molecule has 0 bridgehead atoms. The van der Waals surface area contributed by atoms with E-state index in [1.165, 1.54) is 25.7 Å². The lowest BCUT2D eigenvalue weighted by Crippen LogP contribution is -3.00. The first kappa shape index (κ1) is 36.6. The number of hydrogen-bond acceptors (Lipinski definition) is 8. The molecule has 0 rings (SSSR count). The third kappa shape index (κ3) is 11.6. The number of unbranched alkanes of at least 4 members (excludes halogenated alkanes) is 2. The quantitative estimate of drug-likeness (QED) is 0.172. The van der Waals surface area contributed by atoms with Crippen molar-refractivity contribution in [3.05, 3.63) is 0 Å². The Morgan fingerprint density at radius 3 is 0.971 bits per heavy atom. The second kappa shape index (κ2) is 23.8. The SMILES string of the molecule is CCCCN(CC)[P+](N(CC)CCCC)(N(CCOC)CCOC)N(CCOC)CCOC.[Cl-]. The van der Waals surface area contributed by atoms with E-state index in [0.29, 0.717) is 26.4 Å². The van der Waals surface area contributed by atoms with Crippen molar-refractivity contribution in [3.63, 3.8) is 0 Å². The Bertz CT molecular complexity index is 390. The molecule has 0 N–H and O–H groups in total. The van der Waals surface area contributed by atoms with Crippen LogP contribution in [0.2, 0.25) is 0 Å². The maximum Gasteiger partial charge on any atom is 0.308 e. The Hall–Kier alpha value is 0.400. The zero-order valence-corrected chi connectivity index (χ0v) is 25.2. The molecule has 0 saturated heterocycles. The Morgan fingerprint density at radius 2 is 0.765 bits per heavy atom. The van der Waals surface area contributed by atoms with Gasteiger partial charge in [-0.05, 0) is 26.7 Å². The molecule has 0 saturated carbocycles. The number of ether oxygens (including phenoxy) is 4. The molecule has 10 heteroatoms. The highest BCUT2D eigenvalue weighted by Gasteiger charge is 2.60. The standard InChI is InChI=1S/C24H56N4O4P.ClH/c1-9-13-15-25(11-3)33(26(12-4)16-14-10-2,27(17-21-29-5)18-22-30-6)28(19-23-31-7)20-24-32-8;/h9-24H2,1-8H3;1H/q+1;/p-1. The minimum Gasteiger partial charge on any atom is -1.00 e.